The molecule has 3 heterocycles. The highest BCUT2D eigenvalue weighted by molar-refractivity contribution is 7.99. The van der Waals surface area contributed by atoms with Gasteiger partial charge >= 0.3 is 0 Å². The quantitative estimate of drug-likeness (QED) is 0.791. The first-order valence-electron chi connectivity index (χ1n) is 7.47. The Hall–Kier alpha value is 0.160. The lowest BCUT2D eigenvalue weighted by Crippen LogP contribution is -2.56. The highest BCUT2D eigenvalue weighted by Gasteiger charge is 2.43. The van der Waals surface area contributed by atoms with Crippen molar-refractivity contribution >= 4 is 29.0 Å². The van der Waals surface area contributed by atoms with Crippen molar-refractivity contribution in [2.24, 2.45) is 5.73 Å². The predicted octanol–water partition coefficient (Wildman–Crippen LogP) is 2.18. The number of ether oxygens (including phenoxy) is 1. The zero-order valence-corrected chi connectivity index (χ0v) is 13.1. The van der Waals surface area contributed by atoms with Crippen molar-refractivity contribution in [1.29, 1.82) is 0 Å². The van der Waals surface area contributed by atoms with Crippen molar-refractivity contribution < 1.29 is 4.74 Å². The van der Waals surface area contributed by atoms with Gasteiger partial charge in [-0.1, -0.05) is 18.6 Å². The number of nitrogens with zero attached hydrogens (tertiary/aromatic N) is 1. The van der Waals surface area contributed by atoms with E-state index in [9.17, 15) is 0 Å². The minimum Gasteiger partial charge on any atom is -0.392 e. The summed E-state index contributed by atoms with van der Waals surface area (Å²) in [7, 11) is 0. The molecule has 3 aliphatic heterocycles. The molecule has 3 atom stereocenters. The van der Waals surface area contributed by atoms with Crippen LogP contribution in [0.4, 0.5) is 0 Å². The maximum Gasteiger partial charge on any atom is 0.0902 e. The van der Waals surface area contributed by atoms with Gasteiger partial charge in [-0.2, -0.15) is 11.8 Å². The van der Waals surface area contributed by atoms with Crippen LogP contribution in [-0.4, -0.2) is 52.2 Å². The highest BCUT2D eigenvalue weighted by atomic mass is 32.2. The van der Waals surface area contributed by atoms with E-state index in [4.69, 9.17) is 22.7 Å². The molecule has 0 bridgehead atoms. The Bertz CT molecular complexity index is 344. The van der Waals surface area contributed by atoms with E-state index in [-0.39, 0.29) is 5.60 Å². The van der Waals surface area contributed by atoms with E-state index in [1.807, 2.05) is 11.8 Å². The molecular formula is C14H24N2OS2. The van der Waals surface area contributed by atoms with E-state index < -0.39 is 0 Å². The normalized spacial score (nSPS) is 40.6. The minimum absolute atomic E-state index is 0.159. The van der Waals surface area contributed by atoms with E-state index in [0.29, 0.717) is 17.1 Å². The molecule has 3 fully saturated rings. The van der Waals surface area contributed by atoms with Crippen LogP contribution in [-0.2, 0) is 4.74 Å². The largest absolute Gasteiger partial charge is 0.392 e. The molecule has 0 radical (unpaired) electrons. The molecule has 3 rings (SSSR count). The SMILES string of the molecule is NC(=S)C1CCCCN1C1CCOC2(CCSC2)C1. The van der Waals surface area contributed by atoms with E-state index in [1.165, 1.54) is 37.2 Å². The molecule has 0 saturated carbocycles. The number of piperidine rings is 1. The highest BCUT2D eigenvalue weighted by Crippen LogP contribution is 2.40. The molecule has 3 nitrogen and oxygen atoms in total. The van der Waals surface area contributed by atoms with Crippen LogP contribution in [0.1, 0.15) is 38.5 Å². The second-order valence-electron chi connectivity index (χ2n) is 6.13. The van der Waals surface area contributed by atoms with Crippen molar-refractivity contribution in [3.8, 4) is 0 Å². The zero-order valence-electron chi connectivity index (χ0n) is 11.5. The molecule has 3 saturated heterocycles. The van der Waals surface area contributed by atoms with Crippen LogP contribution in [0.25, 0.3) is 0 Å². The number of thioether (sulfide) groups is 1. The number of rotatable bonds is 2. The fraction of sp³-hybridized carbons (Fsp3) is 0.929. The minimum atomic E-state index is 0.159. The van der Waals surface area contributed by atoms with Crippen LogP contribution in [0, 0.1) is 0 Å². The van der Waals surface area contributed by atoms with Gasteiger partial charge in [-0.15, -0.1) is 0 Å². The molecule has 2 N–H and O–H groups in total. The molecule has 1 spiro atoms. The average molecular weight is 300 g/mol. The Kier molecular flexibility index (Phi) is 4.37. The van der Waals surface area contributed by atoms with Crippen LogP contribution in [0.3, 0.4) is 0 Å². The fourth-order valence-corrected chi connectivity index (χ4v) is 5.48. The summed E-state index contributed by atoms with van der Waals surface area (Å²) in [5.41, 5.74) is 6.12. The molecule has 3 unspecified atom stereocenters. The van der Waals surface area contributed by atoms with Gasteiger partial charge in [-0.05, 0) is 44.4 Å². The first-order valence-corrected chi connectivity index (χ1v) is 9.03. The summed E-state index contributed by atoms with van der Waals surface area (Å²) < 4.78 is 6.13. The molecule has 3 aliphatic rings. The van der Waals surface area contributed by atoms with Crippen molar-refractivity contribution in [1.82, 2.24) is 4.90 Å². The molecular weight excluding hydrogens is 276 g/mol. The van der Waals surface area contributed by atoms with Gasteiger partial charge in [0.2, 0.25) is 0 Å². The van der Waals surface area contributed by atoms with Crippen LogP contribution in [0.5, 0.6) is 0 Å². The first kappa shape index (κ1) is 14.1. The van der Waals surface area contributed by atoms with Gasteiger partial charge in [0.05, 0.1) is 16.6 Å². The van der Waals surface area contributed by atoms with E-state index in [1.54, 1.807) is 0 Å². The number of hydrogen-bond acceptors (Lipinski definition) is 4. The third kappa shape index (κ3) is 2.94. The summed E-state index contributed by atoms with van der Waals surface area (Å²) in [6, 6.07) is 0.956. The number of nitrogens with two attached hydrogens (primary N) is 1. The van der Waals surface area contributed by atoms with E-state index in [0.717, 1.165) is 26.0 Å². The Morgan fingerprint density at radius 1 is 1.37 bits per heavy atom. The topological polar surface area (TPSA) is 38.5 Å². The van der Waals surface area contributed by atoms with Crippen LogP contribution < -0.4 is 5.73 Å². The van der Waals surface area contributed by atoms with Gasteiger partial charge in [-0.3, -0.25) is 4.90 Å². The van der Waals surface area contributed by atoms with E-state index >= 15 is 0 Å². The first-order chi connectivity index (χ1) is 9.20. The zero-order chi connectivity index (χ0) is 13.3. The van der Waals surface area contributed by atoms with Crippen molar-refractivity contribution in [2.45, 2.75) is 56.2 Å². The van der Waals surface area contributed by atoms with Gasteiger partial charge in [0.25, 0.3) is 0 Å². The van der Waals surface area contributed by atoms with Gasteiger partial charge < -0.3 is 10.5 Å². The van der Waals surface area contributed by atoms with Crippen LogP contribution >= 0.6 is 24.0 Å². The Labute approximate surface area is 125 Å². The number of hydrogen-bond donors (Lipinski definition) is 1. The summed E-state index contributed by atoms with van der Waals surface area (Å²) in [6.07, 6.45) is 7.25. The molecule has 0 aromatic carbocycles. The summed E-state index contributed by atoms with van der Waals surface area (Å²) in [5, 5.41) is 0. The summed E-state index contributed by atoms with van der Waals surface area (Å²) in [6.45, 7) is 2.07. The third-order valence-corrected chi connectivity index (χ3v) is 6.37. The maximum atomic E-state index is 6.13. The second kappa shape index (κ2) is 5.88. The summed E-state index contributed by atoms with van der Waals surface area (Å²) >= 11 is 7.33. The van der Waals surface area contributed by atoms with Gasteiger partial charge in [0.1, 0.15) is 0 Å². The summed E-state index contributed by atoms with van der Waals surface area (Å²) in [5.74, 6) is 2.43. The number of likely N-dealkylation sites (tertiary alicyclic amines) is 1. The molecule has 0 aromatic rings. The monoisotopic (exact) mass is 300 g/mol. The third-order valence-electron chi connectivity index (χ3n) is 4.88. The number of thiocarbonyl (C=S) groups is 1. The predicted molar refractivity (Wildman–Crippen MR) is 84.8 cm³/mol. The van der Waals surface area contributed by atoms with Gasteiger partial charge in [0, 0.05) is 18.4 Å². The van der Waals surface area contributed by atoms with Crippen molar-refractivity contribution in [2.75, 3.05) is 24.7 Å². The Balaban J connectivity index is 1.71. The standard InChI is InChI=1S/C14H24N2OS2/c15-13(18)12-3-1-2-6-16(12)11-4-7-17-14(9-11)5-8-19-10-14/h11-12H,1-10H2,(H2,15,18). The molecule has 0 aliphatic carbocycles. The Morgan fingerprint density at radius 2 is 2.26 bits per heavy atom. The second-order valence-corrected chi connectivity index (χ2v) is 7.71. The van der Waals surface area contributed by atoms with Gasteiger partial charge in [-0.25, -0.2) is 0 Å². The molecule has 0 amide bonds. The van der Waals surface area contributed by atoms with Gasteiger partial charge in [0.15, 0.2) is 0 Å². The lowest BCUT2D eigenvalue weighted by Gasteiger charge is -2.47. The molecule has 0 aromatic heterocycles. The van der Waals surface area contributed by atoms with Crippen molar-refractivity contribution in [3.63, 3.8) is 0 Å². The van der Waals surface area contributed by atoms with E-state index in [2.05, 4.69) is 4.90 Å². The van der Waals surface area contributed by atoms with Crippen LogP contribution in [0.15, 0.2) is 0 Å². The molecule has 19 heavy (non-hydrogen) atoms. The average Bonchev–Trinajstić information content (AvgIpc) is 2.86. The van der Waals surface area contributed by atoms with Crippen molar-refractivity contribution in [3.05, 3.63) is 0 Å². The lowest BCUT2D eigenvalue weighted by molar-refractivity contribution is -0.0945. The summed E-state index contributed by atoms with van der Waals surface area (Å²) in [4.78, 5) is 3.29. The lowest BCUT2D eigenvalue weighted by atomic mass is 9.87. The molecule has 108 valence electrons. The fourth-order valence-electron chi connectivity index (χ4n) is 3.84. The maximum absolute atomic E-state index is 6.13. The van der Waals surface area contributed by atoms with Crippen LogP contribution in [0.2, 0.25) is 0 Å². The molecule has 5 heteroatoms. The Morgan fingerprint density at radius 3 is 3.00 bits per heavy atom. The smallest absolute Gasteiger partial charge is 0.0902 e.